The molecule has 1 saturated carbocycles. The van der Waals surface area contributed by atoms with Crippen molar-refractivity contribution in [2.75, 3.05) is 11.2 Å². The molecule has 1 spiro atoms. The maximum Gasteiger partial charge on any atom is 0.266 e. The third-order valence-electron chi connectivity index (χ3n) is 6.21. The van der Waals surface area contributed by atoms with Crippen molar-refractivity contribution in [2.24, 2.45) is 0 Å². The quantitative estimate of drug-likeness (QED) is 0.802. The van der Waals surface area contributed by atoms with Gasteiger partial charge in [-0.1, -0.05) is 48.5 Å². The molecular formula is C24H22N4OS. The van der Waals surface area contributed by atoms with Crippen molar-refractivity contribution in [3.05, 3.63) is 76.8 Å². The van der Waals surface area contributed by atoms with Gasteiger partial charge in [0.2, 0.25) is 0 Å². The molecular weight excluding hydrogens is 392 g/mol. The molecule has 1 heterocycles. The summed E-state index contributed by atoms with van der Waals surface area (Å²) in [7, 11) is 0. The van der Waals surface area contributed by atoms with Crippen LogP contribution < -0.4 is 10.2 Å². The van der Waals surface area contributed by atoms with E-state index in [1.54, 1.807) is 0 Å². The lowest BCUT2D eigenvalue weighted by Crippen LogP contribution is -2.66. The SMILES string of the molecule is CSC1=C(C#N)C(=O)NC2(CCC(C#N)(c3ccccc3)CC2)N1c1ccccc1. The smallest absolute Gasteiger partial charge is 0.266 e. The zero-order valence-electron chi connectivity index (χ0n) is 16.8. The van der Waals surface area contributed by atoms with Gasteiger partial charge in [0, 0.05) is 5.69 Å². The molecule has 1 aliphatic heterocycles. The predicted molar refractivity (Wildman–Crippen MR) is 118 cm³/mol. The van der Waals surface area contributed by atoms with Gasteiger partial charge in [-0.05, 0) is 49.6 Å². The Morgan fingerprint density at radius 2 is 1.57 bits per heavy atom. The van der Waals surface area contributed by atoms with Gasteiger partial charge in [0.15, 0.2) is 0 Å². The van der Waals surface area contributed by atoms with Gasteiger partial charge in [-0.25, -0.2) is 0 Å². The summed E-state index contributed by atoms with van der Waals surface area (Å²) in [5.74, 6) is -0.335. The molecule has 1 amide bonds. The molecule has 0 saturated heterocycles. The summed E-state index contributed by atoms with van der Waals surface area (Å²) < 4.78 is 0. The average molecular weight is 415 g/mol. The van der Waals surface area contributed by atoms with Crippen LogP contribution in [0.1, 0.15) is 31.2 Å². The fraction of sp³-hybridized carbons (Fsp3) is 0.292. The number of hydrogen-bond acceptors (Lipinski definition) is 5. The van der Waals surface area contributed by atoms with E-state index in [1.807, 2.05) is 66.9 Å². The minimum Gasteiger partial charge on any atom is -0.328 e. The summed E-state index contributed by atoms with van der Waals surface area (Å²) in [4.78, 5) is 15.0. The number of nitrogens with zero attached hydrogens (tertiary/aromatic N) is 3. The molecule has 2 aliphatic rings. The molecule has 5 nitrogen and oxygen atoms in total. The van der Waals surface area contributed by atoms with Gasteiger partial charge in [0.05, 0.1) is 11.5 Å². The first kappa shape index (κ1) is 20.1. The van der Waals surface area contributed by atoms with Crippen LogP contribution in [-0.4, -0.2) is 17.8 Å². The molecule has 0 aromatic heterocycles. The van der Waals surface area contributed by atoms with Crippen molar-refractivity contribution < 1.29 is 4.79 Å². The van der Waals surface area contributed by atoms with Crippen LogP contribution in [0.5, 0.6) is 0 Å². The van der Waals surface area contributed by atoms with Crippen LogP contribution in [0.4, 0.5) is 5.69 Å². The van der Waals surface area contributed by atoms with Gasteiger partial charge >= 0.3 is 0 Å². The Morgan fingerprint density at radius 1 is 0.967 bits per heavy atom. The highest BCUT2D eigenvalue weighted by atomic mass is 32.2. The minimum absolute atomic E-state index is 0.136. The summed E-state index contributed by atoms with van der Waals surface area (Å²) in [6, 6.07) is 24.4. The molecule has 1 aliphatic carbocycles. The molecule has 4 rings (SSSR count). The van der Waals surface area contributed by atoms with Gasteiger partial charge in [-0.3, -0.25) is 4.79 Å². The molecule has 0 radical (unpaired) electrons. The lowest BCUT2D eigenvalue weighted by Gasteiger charge is -2.53. The first-order valence-electron chi connectivity index (χ1n) is 9.92. The highest BCUT2D eigenvalue weighted by Crippen LogP contribution is 2.49. The molecule has 30 heavy (non-hydrogen) atoms. The van der Waals surface area contributed by atoms with E-state index in [9.17, 15) is 15.3 Å². The van der Waals surface area contributed by atoms with Crippen LogP contribution in [0.15, 0.2) is 71.3 Å². The number of para-hydroxylation sites is 1. The van der Waals surface area contributed by atoms with E-state index < -0.39 is 11.1 Å². The Morgan fingerprint density at radius 3 is 2.10 bits per heavy atom. The Hall–Kier alpha value is -3.22. The standard InChI is InChI=1S/C24H22N4OS/c1-30-22-20(16-25)21(29)27-24(28(22)19-10-6-3-7-11-19)14-12-23(17-26,13-15-24)18-8-4-2-5-9-18/h2-11H,12-15H2,1H3,(H,27,29). The molecule has 0 unspecified atom stereocenters. The molecule has 2 aromatic rings. The minimum atomic E-state index is -0.660. The number of benzene rings is 2. The maximum absolute atomic E-state index is 12.8. The summed E-state index contributed by atoms with van der Waals surface area (Å²) in [6.45, 7) is 0. The third kappa shape index (κ3) is 3.14. The monoisotopic (exact) mass is 414 g/mol. The number of thioether (sulfide) groups is 1. The van der Waals surface area contributed by atoms with E-state index in [0.29, 0.717) is 30.7 Å². The van der Waals surface area contributed by atoms with Crippen molar-refractivity contribution in [2.45, 2.75) is 36.8 Å². The Kier molecular flexibility index (Phi) is 5.28. The van der Waals surface area contributed by atoms with Crippen molar-refractivity contribution in [3.8, 4) is 12.1 Å². The first-order valence-corrected chi connectivity index (χ1v) is 11.1. The number of rotatable bonds is 3. The third-order valence-corrected chi connectivity index (χ3v) is 6.98. The lowest BCUT2D eigenvalue weighted by atomic mass is 9.66. The van der Waals surface area contributed by atoms with E-state index in [2.05, 4.69) is 22.4 Å². The highest BCUT2D eigenvalue weighted by Gasteiger charge is 2.51. The highest BCUT2D eigenvalue weighted by molar-refractivity contribution is 8.02. The fourth-order valence-electron chi connectivity index (χ4n) is 4.63. The molecule has 6 heteroatoms. The van der Waals surface area contributed by atoms with Crippen LogP contribution >= 0.6 is 11.8 Å². The van der Waals surface area contributed by atoms with Crippen LogP contribution in [0.3, 0.4) is 0 Å². The normalized spacial score (nSPS) is 26.1. The van der Waals surface area contributed by atoms with Crippen LogP contribution in [0, 0.1) is 22.7 Å². The Labute approximate surface area is 181 Å². The number of amides is 1. The zero-order chi connectivity index (χ0) is 21.2. The Bertz CT molecular complexity index is 1060. The molecule has 1 N–H and O–H groups in total. The van der Waals surface area contributed by atoms with E-state index in [-0.39, 0.29) is 11.5 Å². The summed E-state index contributed by atoms with van der Waals surface area (Å²) in [5.41, 5.74) is 0.856. The lowest BCUT2D eigenvalue weighted by molar-refractivity contribution is -0.120. The van der Waals surface area contributed by atoms with E-state index in [0.717, 1.165) is 11.3 Å². The van der Waals surface area contributed by atoms with E-state index >= 15 is 0 Å². The molecule has 0 bridgehead atoms. The topological polar surface area (TPSA) is 79.9 Å². The van der Waals surface area contributed by atoms with Crippen molar-refractivity contribution in [1.29, 1.82) is 10.5 Å². The van der Waals surface area contributed by atoms with Gasteiger partial charge < -0.3 is 10.2 Å². The second-order valence-electron chi connectivity index (χ2n) is 7.71. The fourth-order valence-corrected chi connectivity index (χ4v) is 5.43. The summed E-state index contributed by atoms with van der Waals surface area (Å²) >= 11 is 1.41. The molecule has 1 fully saturated rings. The van der Waals surface area contributed by atoms with Gasteiger partial charge in [-0.15, -0.1) is 11.8 Å². The number of hydrogen-bond donors (Lipinski definition) is 1. The summed E-state index contributed by atoms with van der Waals surface area (Å²) in [6.07, 6.45) is 4.36. The van der Waals surface area contributed by atoms with E-state index in [1.165, 1.54) is 11.8 Å². The number of anilines is 1. The van der Waals surface area contributed by atoms with Gasteiger partial charge in [0.25, 0.3) is 5.91 Å². The number of carbonyl (C=O) groups excluding carboxylic acids is 1. The van der Waals surface area contributed by atoms with E-state index in [4.69, 9.17) is 0 Å². The first-order chi connectivity index (χ1) is 14.6. The maximum atomic E-state index is 12.8. The Balaban J connectivity index is 1.78. The predicted octanol–water partition coefficient (Wildman–Crippen LogP) is 4.45. The van der Waals surface area contributed by atoms with Crippen LogP contribution in [0.25, 0.3) is 0 Å². The van der Waals surface area contributed by atoms with Crippen LogP contribution in [-0.2, 0) is 10.2 Å². The van der Waals surface area contributed by atoms with Crippen LogP contribution in [0.2, 0.25) is 0 Å². The summed E-state index contributed by atoms with van der Waals surface area (Å²) in [5, 5.41) is 23.5. The largest absolute Gasteiger partial charge is 0.328 e. The van der Waals surface area contributed by atoms with Gasteiger partial charge in [-0.2, -0.15) is 10.5 Å². The molecule has 0 atom stereocenters. The van der Waals surface area contributed by atoms with Crippen molar-refractivity contribution >= 4 is 23.4 Å². The van der Waals surface area contributed by atoms with Crippen molar-refractivity contribution in [3.63, 3.8) is 0 Å². The number of carbonyl (C=O) groups is 1. The van der Waals surface area contributed by atoms with Crippen molar-refractivity contribution in [1.82, 2.24) is 5.32 Å². The molecule has 150 valence electrons. The molecule has 2 aromatic carbocycles. The average Bonchev–Trinajstić information content (AvgIpc) is 2.80. The number of nitrogens with one attached hydrogen (secondary N) is 1. The second-order valence-corrected chi connectivity index (χ2v) is 8.51. The second kappa shape index (κ2) is 7.89. The zero-order valence-corrected chi connectivity index (χ0v) is 17.6. The number of nitriles is 2. The van der Waals surface area contributed by atoms with Gasteiger partial charge in [0.1, 0.15) is 22.3 Å².